The number of aromatic hydroxyl groups is 1. The van der Waals surface area contributed by atoms with Crippen LogP contribution in [0.5, 0.6) is 5.75 Å². The number of ether oxygens (including phenoxy) is 1. The van der Waals surface area contributed by atoms with Gasteiger partial charge in [0.1, 0.15) is 17.6 Å². The minimum atomic E-state index is -0.768. The summed E-state index contributed by atoms with van der Waals surface area (Å²) in [5, 5.41) is 22.4. The second kappa shape index (κ2) is 17.8. The number of carbonyl (C=O) groups excluding carboxylic acids is 3. The maximum absolute atomic E-state index is 12.5. The molecule has 1 aliphatic carbocycles. The summed E-state index contributed by atoms with van der Waals surface area (Å²) >= 11 is 0. The zero-order valence-corrected chi connectivity index (χ0v) is 23.2. The van der Waals surface area contributed by atoms with E-state index in [2.05, 4.69) is 18.3 Å². The Balaban J connectivity index is 1.70. The van der Waals surface area contributed by atoms with Crippen molar-refractivity contribution in [3.8, 4) is 5.75 Å². The average molecular weight is 530 g/mol. The summed E-state index contributed by atoms with van der Waals surface area (Å²) in [6, 6.07) is 5.78. The Morgan fingerprint density at radius 2 is 1.82 bits per heavy atom. The second-order valence-corrected chi connectivity index (χ2v) is 10.4. The van der Waals surface area contributed by atoms with E-state index in [9.17, 15) is 24.6 Å². The molecule has 0 saturated heterocycles. The van der Waals surface area contributed by atoms with Crippen LogP contribution in [-0.2, 0) is 25.5 Å². The van der Waals surface area contributed by atoms with Gasteiger partial charge in [0.05, 0.1) is 12.7 Å². The van der Waals surface area contributed by atoms with Crippen LogP contribution in [0.2, 0.25) is 0 Å². The van der Waals surface area contributed by atoms with Crippen LogP contribution in [0.3, 0.4) is 0 Å². The molecular formula is C31H47NO6. The van der Waals surface area contributed by atoms with Gasteiger partial charge in [-0.05, 0) is 56.2 Å². The lowest BCUT2D eigenvalue weighted by atomic mass is 9.89. The first-order chi connectivity index (χ1) is 18.3. The lowest BCUT2D eigenvalue weighted by Crippen LogP contribution is -2.43. The molecule has 4 atom stereocenters. The number of aliphatic hydroxyl groups excluding tert-OH is 1. The van der Waals surface area contributed by atoms with E-state index < -0.39 is 18.1 Å². The minimum Gasteiger partial charge on any atom is -0.508 e. The molecule has 212 valence electrons. The molecule has 1 fully saturated rings. The Bertz CT molecular complexity index is 881. The van der Waals surface area contributed by atoms with Crippen molar-refractivity contribution >= 4 is 17.7 Å². The van der Waals surface area contributed by atoms with Crippen molar-refractivity contribution in [2.45, 2.75) is 109 Å². The van der Waals surface area contributed by atoms with Crippen LogP contribution < -0.4 is 5.32 Å². The minimum absolute atomic E-state index is 0.0441. The Morgan fingerprint density at radius 3 is 2.53 bits per heavy atom. The highest BCUT2D eigenvalue weighted by molar-refractivity contribution is 5.85. The lowest BCUT2D eigenvalue weighted by Gasteiger charge is -2.18. The van der Waals surface area contributed by atoms with E-state index in [0.717, 1.165) is 63.4 Å². The maximum Gasteiger partial charge on any atom is 0.328 e. The van der Waals surface area contributed by atoms with E-state index in [0.29, 0.717) is 31.5 Å². The molecule has 38 heavy (non-hydrogen) atoms. The normalized spacial score (nSPS) is 19.0. The third-order valence-corrected chi connectivity index (χ3v) is 7.29. The average Bonchev–Trinajstić information content (AvgIpc) is 3.25. The summed E-state index contributed by atoms with van der Waals surface area (Å²) in [5.41, 5.74) is 0.821. The summed E-state index contributed by atoms with van der Waals surface area (Å²) in [6.45, 7) is 4.11. The van der Waals surface area contributed by atoms with Gasteiger partial charge in [-0.2, -0.15) is 0 Å². The van der Waals surface area contributed by atoms with E-state index in [-0.39, 0.29) is 30.1 Å². The number of hydrogen-bond acceptors (Lipinski definition) is 6. The molecule has 1 aromatic rings. The molecule has 1 aliphatic rings. The molecular weight excluding hydrogens is 482 g/mol. The molecule has 7 heteroatoms. The first-order valence-corrected chi connectivity index (χ1v) is 14.5. The van der Waals surface area contributed by atoms with Crippen molar-refractivity contribution in [3.63, 3.8) is 0 Å². The summed E-state index contributed by atoms with van der Waals surface area (Å²) < 4.78 is 5.13. The zero-order chi connectivity index (χ0) is 27.8. The van der Waals surface area contributed by atoms with Crippen LogP contribution in [0.1, 0.15) is 96.5 Å². The van der Waals surface area contributed by atoms with Crippen molar-refractivity contribution in [1.29, 1.82) is 0 Å². The molecule has 0 radical (unpaired) electrons. The van der Waals surface area contributed by atoms with Crippen LogP contribution in [0.15, 0.2) is 36.4 Å². The van der Waals surface area contributed by atoms with E-state index >= 15 is 0 Å². The quantitative estimate of drug-likeness (QED) is 0.133. The summed E-state index contributed by atoms with van der Waals surface area (Å²) in [4.78, 5) is 37.3. The van der Waals surface area contributed by atoms with Crippen LogP contribution in [0.25, 0.3) is 0 Å². The monoisotopic (exact) mass is 529 g/mol. The number of benzene rings is 1. The van der Waals surface area contributed by atoms with Gasteiger partial charge in [0.15, 0.2) is 0 Å². The number of hydrogen-bond donors (Lipinski definition) is 3. The fraction of sp³-hybridized carbons (Fsp3) is 0.645. The standard InChI is InChI=1S/C31H47NO6/c1-3-5-8-11-25(33)20-16-24-17-21-29(35)27(24)12-9-6-7-10-13-30(36)32-28(31(37)38-4-2)22-23-14-18-26(34)19-15-23/h14-16,18-20,24-25,27-28,33-34H,3-13,17,21-22H2,1-2H3,(H,32,36)/t24-,25+,27+,28-/m0/s1. The van der Waals surface area contributed by atoms with Crippen LogP contribution in [0.4, 0.5) is 0 Å². The summed E-state index contributed by atoms with van der Waals surface area (Å²) in [5.74, 6) is 0.0948. The van der Waals surface area contributed by atoms with E-state index in [1.54, 1.807) is 31.2 Å². The molecule has 2 rings (SSSR count). The van der Waals surface area contributed by atoms with Crippen LogP contribution >= 0.6 is 0 Å². The molecule has 0 aliphatic heterocycles. The largest absolute Gasteiger partial charge is 0.508 e. The van der Waals surface area contributed by atoms with Gasteiger partial charge in [-0.1, -0.05) is 69.7 Å². The van der Waals surface area contributed by atoms with Crippen molar-refractivity contribution in [3.05, 3.63) is 42.0 Å². The number of allylic oxidation sites excluding steroid dienone is 1. The number of aliphatic hydroxyl groups is 1. The fourth-order valence-corrected chi connectivity index (χ4v) is 5.08. The highest BCUT2D eigenvalue weighted by Gasteiger charge is 2.32. The fourth-order valence-electron chi connectivity index (χ4n) is 5.08. The Hall–Kier alpha value is -2.67. The summed E-state index contributed by atoms with van der Waals surface area (Å²) in [7, 11) is 0. The third kappa shape index (κ3) is 11.8. The number of Topliss-reactive ketones (excluding diaryl/α,β-unsaturated/α-hetero) is 1. The Morgan fingerprint density at radius 1 is 1.08 bits per heavy atom. The lowest BCUT2D eigenvalue weighted by molar-refractivity contribution is -0.147. The summed E-state index contributed by atoms with van der Waals surface area (Å²) in [6.07, 6.45) is 14.0. The first-order valence-electron chi connectivity index (χ1n) is 14.5. The third-order valence-electron chi connectivity index (χ3n) is 7.29. The number of ketones is 1. The molecule has 0 aromatic heterocycles. The number of nitrogens with one attached hydrogen (secondary N) is 1. The van der Waals surface area contributed by atoms with E-state index in [1.165, 1.54) is 0 Å². The number of amides is 1. The molecule has 1 saturated carbocycles. The smallest absolute Gasteiger partial charge is 0.328 e. The predicted molar refractivity (Wildman–Crippen MR) is 149 cm³/mol. The maximum atomic E-state index is 12.5. The second-order valence-electron chi connectivity index (χ2n) is 10.4. The number of phenolic OH excluding ortho intramolecular Hbond substituents is 1. The van der Waals surface area contributed by atoms with Gasteiger partial charge >= 0.3 is 5.97 Å². The number of carbonyl (C=O) groups is 3. The highest BCUT2D eigenvalue weighted by atomic mass is 16.5. The predicted octanol–water partition coefficient (Wildman–Crippen LogP) is 5.42. The molecule has 0 spiro atoms. The molecule has 0 bridgehead atoms. The molecule has 0 heterocycles. The highest BCUT2D eigenvalue weighted by Crippen LogP contribution is 2.34. The molecule has 1 aromatic carbocycles. The molecule has 1 amide bonds. The topological polar surface area (TPSA) is 113 Å². The molecule has 3 N–H and O–H groups in total. The van der Waals surface area contributed by atoms with Gasteiger partial charge < -0.3 is 20.3 Å². The van der Waals surface area contributed by atoms with Gasteiger partial charge in [-0.25, -0.2) is 4.79 Å². The van der Waals surface area contributed by atoms with Gasteiger partial charge in [-0.15, -0.1) is 0 Å². The Labute approximate surface area is 228 Å². The van der Waals surface area contributed by atoms with Crippen LogP contribution in [-0.4, -0.2) is 46.6 Å². The zero-order valence-electron chi connectivity index (χ0n) is 23.2. The number of rotatable bonds is 18. The van der Waals surface area contributed by atoms with Crippen molar-refractivity contribution in [1.82, 2.24) is 5.32 Å². The number of esters is 1. The van der Waals surface area contributed by atoms with Gasteiger partial charge in [0.25, 0.3) is 0 Å². The van der Waals surface area contributed by atoms with Crippen molar-refractivity contribution < 1.29 is 29.3 Å². The van der Waals surface area contributed by atoms with E-state index in [4.69, 9.17) is 4.74 Å². The van der Waals surface area contributed by atoms with Crippen LogP contribution in [0, 0.1) is 11.8 Å². The number of unbranched alkanes of at least 4 members (excludes halogenated alkanes) is 5. The Kier molecular flexibility index (Phi) is 14.8. The van der Waals surface area contributed by atoms with Gasteiger partial charge in [-0.3, -0.25) is 9.59 Å². The molecule has 7 nitrogen and oxygen atoms in total. The first kappa shape index (κ1) is 31.5. The van der Waals surface area contributed by atoms with Crippen molar-refractivity contribution in [2.75, 3.05) is 6.61 Å². The van der Waals surface area contributed by atoms with Gasteiger partial charge in [0, 0.05) is 25.2 Å². The SMILES string of the molecule is CCCCC[C@@H](O)C=C[C@H]1CCC(=O)[C@@H]1CCCCCCC(=O)N[C@@H](Cc1ccc(O)cc1)C(=O)OCC. The van der Waals surface area contributed by atoms with E-state index in [1.807, 2.05) is 6.08 Å². The van der Waals surface area contributed by atoms with Crippen molar-refractivity contribution in [2.24, 2.45) is 11.8 Å². The number of phenols is 1. The molecule has 0 unspecified atom stereocenters. The van der Waals surface area contributed by atoms with Gasteiger partial charge in [0.2, 0.25) is 5.91 Å².